The van der Waals surface area contributed by atoms with E-state index in [1.54, 1.807) is 4.90 Å². The number of carbonyl (C=O) groups excluding carboxylic acids is 1. The van der Waals surface area contributed by atoms with Crippen molar-refractivity contribution in [3.05, 3.63) is 0 Å². The van der Waals surface area contributed by atoms with Crippen LogP contribution in [0.3, 0.4) is 0 Å². The van der Waals surface area contributed by atoms with Gasteiger partial charge in [0.2, 0.25) is 15.9 Å². The van der Waals surface area contributed by atoms with Crippen LogP contribution in [0, 0.1) is 5.92 Å². The lowest BCUT2D eigenvalue weighted by molar-refractivity contribution is -0.132. The molecule has 0 aromatic carbocycles. The van der Waals surface area contributed by atoms with Gasteiger partial charge in [-0.25, -0.2) is 13.1 Å². The number of hydrogen-bond donors (Lipinski definition) is 1. The number of piperidine rings is 1. The van der Waals surface area contributed by atoms with Crippen LogP contribution >= 0.6 is 0 Å². The minimum Gasteiger partial charge on any atom is -0.377 e. The lowest BCUT2D eigenvalue weighted by Crippen LogP contribution is -2.48. The highest BCUT2D eigenvalue weighted by molar-refractivity contribution is 7.90. The highest BCUT2D eigenvalue weighted by Crippen LogP contribution is 2.24. The van der Waals surface area contributed by atoms with Crippen molar-refractivity contribution in [2.75, 3.05) is 25.4 Å². The third-order valence-corrected chi connectivity index (χ3v) is 6.13. The van der Waals surface area contributed by atoms with Gasteiger partial charge in [0.05, 0.1) is 6.10 Å². The molecule has 1 aliphatic carbocycles. The Hall–Kier alpha value is -0.660. The number of sulfonamides is 1. The zero-order valence-corrected chi connectivity index (χ0v) is 15.1. The van der Waals surface area contributed by atoms with Crippen LogP contribution < -0.4 is 4.72 Å². The van der Waals surface area contributed by atoms with Crippen molar-refractivity contribution in [2.45, 2.75) is 64.5 Å². The van der Waals surface area contributed by atoms with Gasteiger partial charge >= 0.3 is 0 Å². The summed E-state index contributed by atoms with van der Waals surface area (Å²) in [7, 11) is -3.56. The van der Waals surface area contributed by atoms with E-state index in [9.17, 15) is 13.2 Å². The molecule has 1 saturated heterocycles. The van der Waals surface area contributed by atoms with Crippen LogP contribution in [-0.4, -0.2) is 56.8 Å². The van der Waals surface area contributed by atoms with Crippen molar-refractivity contribution >= 4 is 15.9 Å². The molecule has 1 N–H and O–H groups in total. The molecule has 6 nitrogen and oxygen atoms in total. The van der Waals surface area contributed by atoms with Gasteiger partial charge in [0.15, 0.2) is 0 Å². The molecule has 0 unspecified atom stereocenters. The molecule has 0 aromatic rings. The molecule has 23 heavy (non-hydrogen) atoms. The maximum absolute atomic E-state index is 12.3. The molecule has 0 bridgehead atoms. The molecule has 2 aliphatic rings. The summed E-state index contributed by atoms with van der Waals surface area (Å²) < 4.78 is 32.8. The quantitative estimate of drug-likeness (QED) is 0.791. The molecule has 134 valence electrons. The van der Waals surface area contributed by atoms with E-state index in [0.717, 1.165) is 38.5 Å². The van der Waals surface area contributed by atoms with E-state index in [4.69, 9.17) is 4.74 Å². The van der Waals surface area contributed by atoms with E-state index in [2.05, 4.69) is 11.6 Å². The number of likely N-dealkylation sites (tertiary alicyclic amines) is 1. The van der Waals surface area contributed by atoms with Gasteiger partial charge in [0, 0.05) is 25.7 Å². The summed E-state index contributed by atoms with van der Waals surface area (Å²) in [6.07, 6.45) is 5.66. The van der Waals surface area contributed by atoms with Gasteiger partial charge in [-0.05, 0) is 51.4 Å². The standard InChI is InChI=1S/C16H30N2O4S/c1-3-22-15-5-4-10-18(11-15)16(19)12-23(20,21)17-14-8-6-13(2)7-9-14/h13-15,17H,3-12H2,1-2H3/t13?,14?,15-/m0/s1. The molecular formula is C16H30N2O4S. The predicted octanol–water partition coefficient (Wildman–Crippen LogP) is 1.51. The van der Waals surface area contributed by atoms with E-state index in [-0.39, 0.29) is 18.1 Å². The molecule has 0 aromatic heterocycles. The molecule has 0 spiro atoms. The number of amides is 1. The fourth-order valence-corrected chi connectivity index (χ4v) is 4.80. The molecule has 0 radical (unpaired) electrons. The Labute approximate surface area is 140 Å². The largest absolute Gasteiger partial charge is 0.377 e. The van der Waals surface area contributed by atoms with Crippen molar-refractivity contribution in [1.82, 2.24) is 9.62 Å². The predicted molar refractivity (Wildman–Crippen MR) is 89.6 cm³/mol. The first-order chi connectivity index (χ1) is 10.9. The Morgan fingerprint density at radius 1 is 1.22 bits per heavy atom. The monoisotopic (exact) mass is 346 g/mol. The Morgan fingerprint density at radius 2 is 1.91 bits per heavy atom. The second kappa shape index (κ2) is 8.44. The third kappa shape index (κ3) is 6.04. The van der Waals surface area contributed by atoms with Gasteiger partial charge in [-0.15, -0.1) is 0 Å². The van der Waals surface area contributed by atoms with Gasteiger partial charge in [-0.2, -0.15) is 0 Å². The first kappa shape index (κ1) is 18.7. The molecule has 2 rings (SSSR count). The van der Waals surface area contributed by atoms with Gasteiger partial charge in [-0.3, -0.25) is 4.79 Å². The normalized spacial score (nSPS) is 29.5. The zero-order valence-electron chi connectivity index (χ0n) is 14.3. The highest BCUT2D eigenvalue weighted by Gasteiger charge is 2.29. The highest BCUT2D eigenvalue weighted by atomic mass is 32.2. The molecule has 7 heteroatoms. The van der Waals surface area contributed by atoms with Crippen LogP contribution in [0.5, 0.6) is 0 Å². The Morgan fingerprint density at radius 3 is 2.57 bits per heavy atom. The lowest BCUT2D eigenvalue weighted by Gasteiger charge is -2.32. The van der Waals surface area contributed by atoms with Crippen LogP contribution in [0.15, 0.2) is 0 Å². The first-order valence-corrected chi connectivity index (χ1v) is 10.4. The van der Waals surface area contributed by atoms with Crippen molar-refractivity contribution in [1.29, 1.82) is 0 Å². The van der Waals surface area contributed by atoms with E-state index in [1.165, 1.54) is 0 Å². The average molecular weight is 346 g/mol. The SMILES string of the molecule is CCO[C@H]1CCCN(C(=O)CS(=O)(=O)NC2CCC(C)CC2)C1. The van der Waals surface area contributed by atoms with Crippen LogP contribution in [-0.2, 0) is 19.6 Å². The summed E-state index contributed by atoms with van der Waals surface area (Å²) in [5.74, 6) is -0.0925. The van der Waals surface area contributed by atoms with Crippen LogP contribution in [0.1, 0.15) is 52.4 Å². The lowest BCUT2D eigenvalue weighted by atomic mass is 9.88. The van der Waals surface area contributed by atoms with Gasteiger partial charge in [0.1, 0.15) is 5.75 Å². The second-order valence-electron chi connectivity index (χ2n) is 6.89. The molecule has 1 saturated carbocycles. The molecule has 1 heterocycles. The number of carbonyl (C=O) groups is 1. The van der Waals surface area contributed by atoms with E-state index >= 15 is 0 Å². The van der Waals surface area contributed by atoms with Crippen LogP contribution in [0.4, 0.5) is 0 Å². The number of ether oxygens (including phenoxy) is 1. The van der Waals surface area contributed by atoms with Gasteiger partial charge in [0.25, 0.3) is 0 Å². The number of rotatable bonds is 6. The average Bonchev–Trinajstić information content (AvgIpc) is 2.49. The Bertz CT molecular complexity index is 484. The maximum atomic E-state index is 12.3. The summed E-state index contributed by atoms with van der Waals surface area (Å²) in [5, 5.41) is 0. The van der Waals surface area contributed by atoms with E-state index in [0.29, 0.717) is 25.6 Å². The van der Waals surface area contributed by atoms with Crippen molar-refractivity contribution in [3.63, 3.8) is 0 Å². The van der Waals surface area contributed by atoms with E-state index in [1.807, 2.05) is 6.92 Å². The first-order valence-electron chi connectivity index (χ1n) is 8.79. The Balaban J connectivity index is 1.83. The topological polar surface area (TPSA) is 75.7 Å². The smallest absolute Gasteiger partial charge is 0.239 e. The fraction of sp³-hybridized carbons (Fsp3) is 0.938. The molecule has 1 amide bonds. The van der Waals surface area contributed by atoms with Crippen molar-refractivity contribution < 1.29 is 17.9 Å². The summed E-state index contributed by atoms with van der Waals surface area (Å²) in [4.78, 5) is 13.9. The second-order valence-corrected chi connectivity index (χ2v) is 8.65. The molecule has 1 aliphatic heterocycles. The molecule has 1 atom stereocenters. The summed E-state index contributed by atoms with van der Waals surface area (Å²) in [5.41, 5.74) is 0. The van der Waals surface area contributed by atoms with Crippen molar-refractivity contribution in [2.24, 2.45) is 5.92 Å². The van der Waals surface area contributed by atoms with Gasteiger partial charge in [-0.1, -0.05) is 6.92 Å². The zero-order chi connectivity index (χ0) is 16.9. The minimum absolute atomic E-state index is 0.0125. The van der Waals surface area contributed by atoms with Crippen LogP contribution in [0.2, 0.25) is 0 Å². The number of hydrogen-bond acceptors (Lipinski definition) is 4. The summed E-state index contributed by atoms with van der Waals surface area (Å²) in [6.45, 7) is 5.87. The minimum atomic E-state index is -3.56. The fourth-order valence-electron chi connectivity index (χ4n) is 3.46. The van der Waals surface area contributed by atoms with Crippen LogP contribution in [0.25, 0.3) is 0 Å². The maximum Gasteiger partial charge on any atom is 0.239 e. The third-order valence-electron chi connectivity index (χ3n) is 4.81. The van der Waals surface area contributed by atoms with E-state index < -0.39 is 15.8 Å². The molecular weight excluding hydrogens is 316 g/mol. The number of nitrogens with zero attached hydrogens (tertiary/aromatic N) is 1. The Kier molecular flexibility index (Phi) is 6.85. The molecule has 2 fully saturated rings. The summed E-state index contributed by atoms with van der Waals surface area (Å²) >= 11 is 0. The number of nitrogens with one attached hydrogen (secondary N) is 1. The summed E-state index contributed by atoms with van der Waals surface area (Å²) in [6, 6.07) is -0.0125. The van der Waals surface area contributed by atoms with Gasteiger partial charge < -0.3 is 9.64 Å². The van der Waals surface area contributed by atoms with Crippen molar-refractivity contribution in [3.8, 4) is 0 Å².